The molecule has 7 heteroatoms. The Morgan fingerprint density at radius 1 is 1.12 bits per heavy atom. The normalized spacial score (nSPS) is 20.8. The summed E-state index contributed by atoms with van der Waals surface area (Å²) in [5.41, 5.74) is 7.65. The first-order valence-electron chi connectivity index (χ1n) is 8.95. The third kappa shape index (κ3) is 2.50. The van der Waals surface area contributed by atoms with Crippen LogP contribution in [0.15, 0.2) is 33.2 Å². The van der Waals surface area contributed by atoms with Gasteiger partial charge in [-0.25, -0.2) is 0 Å². The molecule has 2 aliphatic rings. The molecule has 0 spiro atoms. The number of hydrogen-bond acceptors (Lipinski definition) is 7. The molecule has 130 valence electrons. The SMILES string of the molecule is NC1(c2noc(C3CCN(c4nc5ccccc5o4)CC3)n2)CCC1. The van der Waals surface area contributed by atoms with Crippen LogP contribution in [-0.4, -0.2) is 28.2 Å². The Labute approximate surface area is 145 Å². The minimum atomic E-state index is -0.360. The van der Waals surface area contributed by atoms with Gasteiger partial charge in [-0.05, 0) is 44.2 Å². The van der Waals surface area contributed by atoms with Gasteiger partial charge in [0.1, 0.15) is 5.52 Å². The van der Waals surface area contributed by atoms with E-state index in [4.69, 9.17) is 14.7 Å². The lowest BCUT2D eigenvalue weighted by atomic mass is 9.77. The number of para-hydroxylation sites is 2. The fourth-order valence-corrected chi connectivity index (χ4v) is 3.70. The maximum atomic E-state index is 6.29. The van der Waals surface area contributed by atoms with Crippen LogP contribution in [0.5, 0.6) is 0 Å². The Bertz CT molecular complexity index is 857. The van der Waals surface area contributed by atoms with Crippen LogP contribution < -0.4 is 10.6 Å². The molecule has 0 amide bonds. The van der Waals surface area contributed by atoms with Crippen molar-refractivity contribution in [2.24, 2.45) is 5.73 Å². The Balaban J connectivity index is 1.28. The zero-order valence-electron chi connectivity index (χ0n) is 14.0. The van der Waals surface area contributed by atoms with Crippen molar-refractivity contribution in [1.82, 2.24) is 15.1 Å². The average molecular weight is 339 g/mol. The second kappa shape index (κ2) is 5.56. The molecule has 3 aromatic rings. The lowest BCUT2D eigenvalue weighted by molar-refractivity contribution is 0.228. The minimum Gasteiger partial charge on any atom is -0.423 e. The number of anilines is 1. The Morgan fingerprint density at radius 3 is 2.64 bits per heavy atom. The molecule has 1 aliphatic carbocycles. The van der Waals surface area contributed by atoms with E-state index in [2.05, 4.69) is 20.0 Å². The van der Waals surface area contributed by atoms with E-state index in [9.17, 15) is 0 Å². The van der Waals surface area contributed by atoms with Crippen LogP contribution in [0, 0.1) is 0 Å². The second-order valence-corrected chi connectivity index (χ2v) is 7.19. The molecule has 25 heavy (non-hydrogen) atoms. The number of oxazole rings is 1. The number of fused-ring (bicyclic) bond motifs is 1. The number of nitrogens with two attached hydrogens (primary N) is 1. The van der Waals surface area contributed by atoms with Crippen molar-refractivity contribution in [2.75, 3.05) is 18.0 Å². The Kier molecular flexibility index (Phi) is 3.31. The van der Waals surface area contributed by atoms with Crippen LogP contribution >= 0.6 is 0 Å². The summed E-state index contributed by atoms with van der Waals surface area (Å²) >= 11 is 0. The zero-order chi connectivity index (χ0) is 16.9. The summed E-state index contributed by atoms with van der Waals surface area (Å²) in [5.74, 6) is 1.68. The van der Waals surface area contributed by atoms with Gasteiger partial charge in [-0.1, -0.05) is 17.3 Å². The van der Waals surface area contributed by atoms with Gasteiger partial charge in [0.25, 0.3) is 6.01 Å². The van der Waals surface area contributed by atoms with Crippen molar-refractivity contribution >= 4 is 17.1 Å². The maximum absolute atomic E-state index is 6.29. The maximum Gasteiger partial charge on any atom is 0.298 e. The van der Waals surface area contributed by atoms with Crippen LogP contribution in [0.4, 0.5) is 6.01 Å². The van der Waals surface area contributed by atoms with Crippen molar-refractivity contribution in [3.05, 3.63) is 36.0 Å². The van der Waals surface area contributed by atoms with E-state index in [1.165, 1.54) is 0 Å². The molecule has 1 saturated carbocycles. The number of hydrogen-bond donors (Lipinski definition) is 1. The van der Waals surface area contributed by atoms with Gasteiger partial charge in [-0.2, -0.15) is 9.97 Å². The van der Waals surface area contributed by atoms with E-state index in [0.29, 0.717) is 11.8 Å². The highest BCUT2D eigenvalue weighted by molar-refractivity contribution is 5.74. The number of nitrogens with zero attached hydrogens (tertiary/aromatic N) is 4. The summed E-state index contributed by atoms with van der Waals surface area (Å²) < 4.78 is 11.4. The molecule has 0 unspecified atom stereocenters. The van der Waals surface area contributed by atoms with Crippen molar-refractivity contribution in [3.63, 3.8) is 0 Å². The molecule has 1 aliphatic heterocycles. The highest BCUT2D eigenvalue weighted by atomic mass is 16.5. The number of piperidine rings is 1. The minimum absolute atomic E-state index is 0.283. The lowest BCUT2D eigenvalue weighted by Crippen LogP contribution is -2.44. The van der Waals surface area contributed by atoms with Crippen LogP contribution in [0.2, 0.25) is 0 Å². The highest BCUT2D eigenvalue weighted by Crippen LogP contribution is 2.38. The molecule has 7 nitrogen and oxygen atoms in total. The fourth-order valence-electron chi connectivity index (χ4n) is 3.70. The first-order valence-corrected chi connectivity index (χ1v) is 8.95. The van der Waals surface area contributed by atoms with Crippen LogP contribution in [-0.2, 0) is 5.54 Å². The Morgan fingerprint density at radius 2 is 1.92 bits per heavy atom. The predicted octanol–water partition coefficient (Wildman–Crippen LogP) is 2.93. The summed E-state index contributed by atoms with van der Waals surface area (Å²) in [7, 11) is 0. The summed E-state index contributed by atoms with van der Waals surface area (Å²) in [4.78, 5) is 11.4. The first-order chi connectivity index (χ1) is 12.2. The summed E-state index contributed by atoms with van der Waals surface area (Å²) in [6.45, 7) is 1.73. The predicted molar refractivity (Wildman–Crippen MR) is 92.2 cm³/mol. The van der Waals surface area contributed by atoms with Crippen molar-refractivity contribution < 1.29 is 8.94 Å². The molecule has 0 atom stereocenters. The summed E-state index contributed by atoms with van der Waals surface area (Å²) in [5, 5.41) is 4.14. The second-order valence-electron chi connectivity index (χ2n) is 7.19. The molecular formula is C18H21N5O2. The van der Waals surface area contributed by atoms with Gasteiger partial charge in [0, 0.05) is 19.0 Å². The molecule has 2 fully saturated rings. The van der Waals surface area contributed by atoms with E-state index < -0.39 is 0 Å². The van der Waals surface area contributed by atoms with E-state index >= 15 is 0 Å². The number of rotatable bonds is 3. The van der Waals surface area contributed by atoms with E-state index in [-0.39, 0.29) is 11.5 Å². The van der Waals surface area contributed by atoms with Crippen molar-refractivity contribution in [2.45, 2.75) is 43.6 Å². The topological polar surface area (TPSA) is 94.2 Å². The molecule has 0 radical (unpaired) electrons. The quantitative estimate of drug-likeness (QED) is 0.784. The van der Waals surface area contributed by atoms with Crippen molar-refractivity contribution in [1.29, 1.82) is 0 Å². The van der Waals surface area contributed by atoms with Gasteiger partial charge in [0.15, 0.2) is 11.4 Å². The molecular weight excluding hydrogens is 318 g/mol. The summed E-state index contributed by atoms with van der Waals surface area (Å²) in [6, 6.07) is 8.55. The van der Waals surface area contributed by atoms with Gasteiger partial charge < -0.3 is 19.6 Å². The molecule has 1 saturated heterocycles. The number of aromatic nitrogens is 3. The molecule has 2 N–H and O–H groups in total. The van der Waals surface area contributed by atoms with E-state index in [1.807, 2.05) is 24.3 Å². The first kappa shape index (κ1) is 14.9. The van der Waals surface area contributed by atoms with E-state index in [1.54, 1.807) is 0 Å². The molecule has 3 heterocycles. The molecule has 2 aromatic heterocycles. The summed E-state index contributed by atoms with van der Waals surface area (Å²) in [6.07, 6.45) is 4.92. The zero-order valence-corrected chi connectivity index (χ0v) is 14.0. The third-order valence-electron chi connectivity index (χ3n) is 5.53. The Hall–Kier alpha value is -2.41. The standard InChI is InChI=1S/C18H21N5O2/c19-18(8-3-9-18)16-21-15(25-22-16)12-6-10-23(11-7-12)17-20-13-4-1-2-5-14(13)24-17/h1-2,4-5,12H,3,6-11,19H2. The lowest BCUT2D eigenvalue weighted by Gasteiger charge is -2.34. The van der Waals surface area contributed by atoms with E-state index in [0.717, 1.165) is 62.2 Å². The average Bonchev–Trinajstić information content (AvgIpc) is 3.27. The molecule has 1 aromatic carbocycles. The van der Waals surface area contributed by atoms with Gasteiger partial charge in [0.05, 0.1) is 5.54 Å². The smallest absolute Gasteiger partial charge is 0.298 e. The largest absolute Gasteiger partial charge is 0.423 e. The number of benzene rings is 1. The fraction of sp³-hybridized carbons (Fsp3) is 0.500. The van der Waals surface area contributed by atoms with Gasteiger partial charge >= 0.3 is 0 Å². The van der Waals surface area contributed by atoms with Crippen LogP contribution in [0.1, 0.15) is 49.7 Å². The molecule has 0 bridgehead atoms. The third-order valence-corrected chi connectivity index (χ3v) is 5.53. The van der Waals surface area contributed by atoms with Gasteiger partial charge in [0.2, 0.25) is 5.89 Å². The molecule has 5 rings (SSSR count). The highest BCUT2D eigenvalue weighted by Gasteiger charge is 2.39. The van der Waals surface area contributed by atoms with Gasteiger partial charge in [-0.3, -0.25) is 0 Å². The van der Waals surface area contributed by atoms with Crippen molar-refractivity contribution in [3.8, 4) is 0 Å². The van der Waals surface area contributed by atoms with Gasteiger partial charge in [-0.15, -0.1) is 0 Å². The van der Waals surface area contributed by atoms with Crippen LogP contribution in [0.25, 0.3) is 11.1 Å². The van der Waals surface area contributed by atoms with Crippen LogP contribution in [0.3, 0.4) is 0 Å². The monoisotopic (exact) mass is 339 g/mol.